The topological polar surface area (TPSA) is 55.2 Å². The number of nitro groups is 1. The minimum absolute atomic E-state index is 0.0323. The zero-order chi connectivity index (χ0) is 13.5. The van der Waals surface area contributed by atoms with Crippen molar-refractivity contribution in [2.75, 3.05) is 5.32 Å². The van der Waals surface area contributed by atoms with Gasteiger partial charge in [-0.25, -0.2) is 0 Å². The van der Waals surface area contributed by atoms with Crippen LogP contribution in [-0.4, -0.2) is 11.0 Å². The number of hydrogen-bond acceptors (Lipinski definition) is 3. The normalized spacial score (nSPS) is 12.2. The highest BCUT2D eigenvalue weighted by atomic mass is 35.5. The molecule has 1 N–H and O–H groups in total. The lowest BCUT2D eigenvalue weighted by Gasteiger charge is -2.15. The minimum Gasteiger partial charge on any atom is -0.377 e. The van der Waals surface area contributed by atoms with Crippen molar-refractivity contribution in [1.82, 2.24) is 0 Å². The molecule has 0 fully saturated rings. The Kier molecular flexibility index (Phi) is 5.92. The third-order valence-electron chi connectivity index (χ3n) is 2.80. The van der Waals surface area contributed by atoms with Gasteiger partial charge in [0.15, 0.2) is 0 Å². The lowest BCUT2D eigenvalue weighted by Crippen LogP contribution is -2.15. The molecule has 0 bridgehead atoms. The maximum atomic E-state index is 10.9. The molecule has 1 rings (SSSR count). The smallest absolute Gasteiger partial charge is 0.293 e. The van der Waals surface area contributed by atoms with E-state index in [4.69, 9.17) is 11.6 Å². The standard InChI is InChI=1S/C13H19ClN2O2/c1-3-4-5-6-10(2)15-12-8-7-11(14)9-13(12)16(17)18/h7-10,15H,3-6H2,1-2H3. The number of rotatable bonds is 7. The second-order valence-electron chi connectivity index (χ2n) is 4.46. The summed E-state index contributed by atoms with van der Waals surface area (Å²) in [7, 11) is 0. The summed E-state index contributed by atoms with van der Waals surface area (Å²) in [4.78, 5) is 10.5. The van der Waals surface area contributed by atoms with Gasteiger partial charge in [0.2, 0.25) is 0 Å². The van der Waals surface area contributed by atoms with Crippen molar-refractivity contribution >= 4 is 23.0 Å². The molecule has 1 aromatic rings. The lowest BCUT2D eigenvalue weighted by molar-refractivity contribution is -0.384. The van der Waals surface area contributed by atoms with E-state index in [0.29, 0.717) is 10.7 Å². The van der Waals surface area contributed by atoms with Gasteiger partial charge < -0.3 is 5.32 Å². The van der Waals surface area contributed by atoms with Crippen LogP contribution in [0.25, 0.3) is 0 Å². The average molecular weight is 271 g/mol. The van der Waals surface area contributed by atoms with Crippen LogP contribution in [0.1, 0.15) is 39.5 Å². The second-order valence-corrected chi connectivity index (χ2v) is 4.90. The summed E-state index contributed by atoms with van der Waals surface area (Å²) in [6.45, 7) is 4.19. The van der Waals surface area contributed by atoms with Crippen LogP contribution in [0, 0.1) is 10.1 Å². The van der Waals surface area contributed by atoms with Gasteiger partial charge in [-0.2, -0.15) is 0 Å². The predicted octanol–water partition coefficient (Wildman–Crippen LogP) is 4.63. The Labute approximate surface area is 112 Å². The van der Waals surface area contributed by atoms with Gasteiger partial charge in [0.05, 0.1) is 4.92 Å². The van der Waals surface area contributed by atoms with Crippen molar-refractivity contribution in [3.63, 3.8) is 0 Å². The Hall–Kier alpha value is -1.29. The van der Waals surface area contributed by atoms with E-state index in [9.17, 15) is 10.1 Å². The average Bonchev–Trinajstić information content (AvgIpc) is 2.31. The summed E-state index contributed by atoms with van der Waals surface area (Å²) in [5.74, 6) is 0. The largest absolute Gasteiger partial charge is 0.377 e. The third-order valence-corrected chi connectivity index (χ3v) is 3.03. The maximum Gasteiger partial charge on any atom is 0.293 e. The monoisotopic (exact) mass is 270 g/mol. The Bertz CT molecular complexity index is 410. The fraction of sp³-hybridized carbons (Fsp3) is 0.538. The summed E-state index contributed by atoms with van der Waals surface area (Å²) in [6.07, 6.45) is 4.50. The van der Waals surface area contributed by atoms with Crippen LogP contribution < -0.4 is 5.32 Å². The fourth-order valence-electron chi connectivity index (χ4n) is 1.82. The molecule has 1 atom stereocenters. The predicted molar refractivity (Wildman–Crippen MR) is 75.3 cm³/mol. The highest BCUT2D eigenvalue weighted by Gasteiger charge is 2.15. The number of nitrogens with zero attached hydrogens (tertiary/aromatic N) is 1. The zero-order valence-corrected chi connectivity index (χ0v) is 11.5. The van der Waals surface area contributed by atoms with E-state index in [1.807, 2.05) is 6.92 Å². The molecular formula is C13H19ClN2O2. The molecule has 1 unspecified atom stereocenters. The van der Waals surface area contributed by atoms with Crippen molar-refractivity contribution in [1.29, 1.82) is 0 Å². The molecule has 0 aliphatic rings. The number of benzene rings is 1. The van der Waals surface area contributed by atoms with Gasteiger partial charge in [0.1, 0.15) is 5.69 Å². The molecule has 1 aromatic carbocycles. The molecule has 100 valence electrons. The van der Waals surface area contributed by atoms with Gasteiger partial charge in [-0.3, -0.25) is 10.1 Å². The Morgan fingerprint density at radius 2 is 2.17 bits per heavy atom. The molecule has 0 aliphatic heterocycles. The molecule has 0 saturated carbocycles. The first-order valence-electron chi connectivity index (χ1n) is 6.25. The van der Waals surface area contributed by atoms with E-state index in [2.05, 4.69) is 12.2 Å². The molecule has 0 spiro atoms. The van der Waals surface area contributed by atoms with Gasteiger partial charge >= 0.3 is 0 Å². The zero-order valence-electron chi connectivity index (χ0n) is 10.8. The molecule has 0 heterocycles. The highest BCUT2D eigenvalue weighted by molar-refractivity contribution is 6.30. The SMILES string of the molecule is CCCCCC(C)Nc1ccc(Cl)cc1[N+](=O)[O-]. The van der Waals surface area contributed by atoms with E-state index in [1.54, 1.807) is 12.1 Å². The van der Waals surface area contributed by atoms with Gasteiger partial charge in [-0.1, -0.05) is 37.8 Å². The second kappa shape index (κ2) is 7.21. The number of unbranched alkanes of at least 4 members (excludes halogenated alkanes) is 2. The Morgan fingerprint density at radius 1 is 1.44 bits per heavy atom. The van der Waals surface area contributed by atoms with E-state index in [0.717, 1.165) is 12.8 Å². The van der Waals surface area contributed by atoms with E-state index in [1.165, 1.54) is 18.9 Å². The van der Waals surface area contributed by atoms with Crippen LogP contribution in [0.5, 0.6) is 0 Å². The van der Waals surface area contributed by atoms with Gasteiger partial charge in [-0.05, 0) is 25.5 Å². The number of hydrogen-bond donors (Lipinski definition) is 1. The molecule has 0 aromatic heterocycles. The molecule has 0 radical (unpaired) electrons. The summed E-state index contributed by atoms with van der Waals surface area (Å²) in [6, 6.07) is 4.92. The van der Waals surface area contributed by atoms with Crippen molar-refractivity contribution in [2.45, 2.75) is 45.6 Å². The first kappa shape index (κ1) is 14.8. The molecule has 5 heteroatoms. The summed E-state index contributed by atoms with van der Waals surface area (Å²) >= 11 is 5.77. The van der Waals surface area contributed by atoms with Gasteiger partial charge in [0, 0.05) is 17.1 Å². The number of halogens is 1. The summed E-state index contributed by atoms with van der Waals surface area (Å²) < 4.78 is 0. The summed E-state index contributed by atoms with van der Waals surface area (Å²) in [5.41, 5.74) is 0.568. The van der Waals surface area contributed by atoms with Crippen molar-refractivity contribution in [3.8, 4) is 0 Å². The maximum absolute atomic E-state index is 10.9. The van der Waals surface area contributed by atoms with Gasteiger partial charge in [0.25, 0.3) is 5.69 Å². The molecule has 18 heavy (non-hydrogen) atoms. The molecule has 0 amide bonds. The van der Waals surface area contributed by atoms with E-state index < -0.39 is 4.92 Å². The molecule has 4 nitrogen and oxygen atoms in total. The molecular weight excluding hydrogens is 252 g/mol. The van der Waals surface area contributed by atoms with Crippen LogP contribution in [0.2, 0.25) is 5.02 Å². The fourth-order valence-corrected chi connectivity index (χ4v) is 1.98. The van der Waals surface area contributed by atoms with Crippen LogP contribution in [0.4, 0.5) is 11.4 Å². The third kappa shape index (κ3) is 4.53. The minimum atomic E-state index is -0.410. The number of nitrogens with one attached hydrogen (secondary N) is 1. The van der Waals surface area contributed by atoms with Crippen LogP contribution in [0.15, 0.2) is 18.2 Å². The van der Waals surface area contributed by atoms with Crippen molar-refractivity contribution in [2.24, 2.45) is 0 Å². The Morgan fingerprint density at radius 3 is 2.78 bits per heavy atom. The molecule has 0 saturated heterocycles. The number of anilines is 1. The summed E-state index contributed by atoms with van der Waals surface area (Å²) in [5, 5.41) is 14.5. The van der Waals surface area contributed by atoms with E-state index in [-0.39, 0.29) is 11.7 Å². The first-order valence-corrected chi connectivity index (χ1v) is 6.63. The quantitative estimate of drug-likeness (QED) is 0.446. The number of nitro benzene ring substituents is 1. The Balaban J connectivity index is 2.68. The van der Waals surface area contributed by atoms with Crippen LogP contribution in [-0.2, 0) is 0 Å². The van der Waals surface area contributed by atoms with Gasteiger partial charge in [-0.15, -0.1) is 0 Å². The highest BCUT2D eigenvalue weighted by Crippen LogP contribution is 2.28. The van der Waals surface area contributed by atoms with E-state index >= 15 is 0 Å². The lowest BCUT2D eigenvalue weighted by atomic mass is 10.1. The van der Waals surface area contributed by atoms with Crippen LogP contribution >= 0.6 is 11.6 Å². The van der Waals surface area contributed by atoms with Crippen molar-refractivity contribution in [3.05, 3.63) is 33.3 Å². The first-order chi connectivity index (χ1) is 8.54. The molecule has 0 aliphatic carbocycles. The van der Waals surface area contributed by atoms with Crippen molar-refractivity contribution < 1.29 is 4.92 Å². The van der Waals surface area contributed by atoms with Crippen LogP contribution in [0.3, 0.4) is 0 Å².